The van der Waals surface area contributed by atoms with Crippen LogP contribution in [0, 0.1) is 12.9 Å². The van der Waals surface area contributed by atoms with E-state index in [1.165, 1.54) is 6.07 Å². The Labute approximate surface area is 71.9 Å². The van der Waals surface area contributed by atoms with Crippen molar-refractivity contribution in [2.75, 3.05) is 0 Å². The summed E-state index contributed by atoms with van der Waals surface area (Å²) in [5, 5.41) is 0. The van der Waals surface area contributed by atoms with E-state index >= 15 is 0 Å². The summed E-state index contributed by atoms with van der Waals surface area (Å²) in [6.07, 6.45) is 2.87. The first-order valence-corrected chi connectivity index (χ1v) is 4.22. The lowest BCUT2D eigenvalue weighted by atomic mass is 10.2. The fraction of sp³-hybridized carbons (Fsp3) is 0.556. The van der Waals surface area contributed by atoms with E-state index in [1.54, 1.807) is 6.92 Å². The first-order chi connectivity index (χ1) is 5.72. The minimum absolute atomic E-state index is 0.423. The highest BCUT2D eigenvalue weighted by Crippen LogP contribution is 2.02. The maximum absolute atomic E-state index is 12.7. The van der Waals surface area contributed by atoms with Crippen LogP contribution in [0.25, 0.3) is 0 Å². The number of nitrogens with zero attached hydrogens (tertiary/aromatic N) is 2. The summed E-state index contributed by atoms with van der Waals surface area (Å²) in [5.41, 5.74) is 0.702. The van der Waals surface area contributed by atoms with Gasteiger partial charge in [-0.05, 0) is 13.3 Å². The van der Waals surface area contributed by atoms with Gasteiger partial charge in [-0.3, -0.25) is 0 Å². The molecule has 1 rings (SSSR count). The Morgan fingerprint density at radius 1 is 1.42 bits per heavy atom. The molecule has 0 bridgehead atoms. The lowest BCUT2D eigenvalue weighted by molar-refractivity contribution is 0.563. The van der Waals surface area contributed by atoms with Gasteiger partial charge in [0.1, 0.15) is 5.82 Å². The molecule has 1 aromatic heterocycles. The van der Waals surface area contributed by atoms with Gasteiger partial charge in [0.25, 0.3) is 0 Å². The molecule has 12 heavy (non-hydrogen) atoms. The third kappa shape index (κ3) is 2.57. The van der Waals surface area contributed by atoms with E-state index in [-0.39, 0.29) is 0 Å². The van der Waals surface area contributed by atoms with Crippen molar-refractivity contribution in [1.29, 1.82) is 0 Å². The zero-order valence-corrected chi connectivity index (χ0v) is 7.47. The highest BCUT2D eigenvalue weighted by molar-refractivity contribution is 5.01. The SMILES string of the molecule is CCCCc1nc(C)cc(F)n1. The average molecular weight is 168 g/mol. The van der Waals surface area contributed by atoms with Gasteiger partial charge in [0.15, 0.2) is 0 Å². The fourth-order valence-electron chi connectivity index (χ4n) is 1.04. The van der Waals surface area contributed by atoms with Crippen LogP contribution in [0.15, 0.2) is 6.07 Å². The molecular weight excluding hydrogens is 155 g/mol. The Hall–Kier alpha value is -0.990. The van der Waals surface area contributed by atoms with Crippen molar-refractivity contribution in [2.24, 2.45) is 0 Å². The van der Waals surface area contributed by atoms with Crippen LogP contribution in [0.1, 0.15) is 31.3 Å². The van der Waals surface area contributed by atoms with Crippen LogP contribution in [-0.4, -0.2) is 9.97 Å². The summed E-state index contributed by atoms with van der Waals surface area (Å²) in [4.78, 5) is 7.81. The van der Waals surface area contributed by atoms with Crippen LogP contribution < -0.4 is 0 Å². The molecule has 0 atom stereocenters. The average Bonchev–Trinajstić information content (AvgIpc) is 1.99. The zero-order chi connectivity index (χ0) is 8.97. The van der Waals surface area contributed by atoms with Gasteiger partial charge in [0.2, 0.25) is 5.95 Å². The molecule has 0 aromatic carbocycles. The van der Waals surface area contributed by atoms with Crippen LogP contribution in [0.4, 0.5) is 4.39 Å². The van der Waals surface area contributed by atoms with Gasteiger partial charge in [0, 0.05) is 18.2 Å². The molecule has 2 nitrogen and oxygen atoms in total. The van der Waals surface area contributed by atoms with E-state index in [1.807, 2.05) is 0 Å². The van der Waals surface area contributed by atoms with Gasteiger partial charge in [-0.25, -0.2) is 9.97 Å². The molecule has 0 saturated heterocycles. The molecule has 0 saturated carbocycles. The van der Waals surface area contributed by atoms with E-state index in [0.29, 0.717) is 11.5 Å². The molecule has 3 heteroatoms. The summed E-state index contributed by atoms with van der Waals surface area (Å²) in [6, 6.07) is 1.34. The summed E-state index contributed by atoms with van der Waals surface area (Å²) < 4.78 is 12.7. The second kappa shape index (κ2) is 4.14. The highest BCUT2D eigenvalue weighted by atomic mass is 19.1. The summed E-state index contributed by atoms with van der Waals surface area (Å²) in [7, 11) is 0. The molecular formula is C9H13FN2. The molecule has 0 spiro atoms. The van der Waals surface area contributed by atoms with Crippen molar-refractivity contribution in [1.82, 2.24) is 9.97 Å². The number of rotatable bonds is 3. The van der Waals surface area contributed by atoms with E-state index in [9.17, 15) is 4.39 Å². The minimum atomic E-state index is -0.423. The zero-order valence-electron chi connectivity index (χ0n) is 7.47. The Morgan fingerprint density at radius 3 is 2.75 bits per heavy atom. The maximum atomic E-state index is 12.7. The van der Waals surface area contributed by atoms with Gasteiger partial charge in [-0.2, -0.15) is 4.39 Å². The number of halogens is 1. The molecule has 0 aliphatic carbocycles. The van der Waals surface area contributed by atoms with Gasteiger partial charge in [-0.1, -0.05) is 13.3 Å². The van der Waals surface area contributed by atoms with Crippen molar-refractivity contribution in [3.63, 3.8) is 0 Å². The molecule has 0 amide bonds. The normalized spacial score (nSPS) is 10.2. The Morgan fingerprint density at radius 2 is 2.17 bits per heavy atom. The number of unbranched alkanes of at least 4 members (excludes halogenated alkanes) is 1. The molecule has 0 unspecified atom stereocenters. The van der Waals surface area contributed by atoms with Gasteiger partial charge < -0.3 is 0 Å². The van der Waals surface area contributed by atoms with Gasteiger partial charge in [0.05, 0.1) is 0 Å². The summed E-state index contributed by atoms with van der Waals surface area (Å²) in [6.45, 7) is 3.87. The Balaban J connectivity index is 2.72. The van der Waals surface area contributed by atoms with Crippen molar-refractivity contribution in [3.8, 4) is 0 Å². The van der Waals surface area contributed by atoms with Crippen LogP contribution in [0.2, 0.25) is 0 Å². The summed E-state index contributed by atoms with van der Waals surface area (Å²) in [5.74, 6) is 0.197. The predicted octanol–water partition coefficient (Wildman–Crippen LogP) is 2.27. The van der Waals surface area contributed by atoms with Crippen LogP contribution in [0.5, 0.6) is 0 Å². The molecule has 66 valence electrons. The quantitative estimate of drug-likeness (QED) is 0.647. The minimum Gasteiger partial charge on any atom is -0.238 e. The van der Waals surface area contributed by atoms with E-state index in [2.05, 4.69) is 16.9 Å². The van der Waals surface area contributed by atoms with Crippen molar-refractivity contribution >= 4 is 0 Å². The molecule has 1 heterocycles. The van der Waals surface area contributed by atoms with Crippen molar-refractivity contribution in [3.05, 3.63) is 23.5 Å². The highest BCUT2D eigenvalue weighted by Gasteiger charge is 1.99. The largest absolute Gasteiger partial charge is 0.238 e. The Bertz CT molecular complexity index is 240. The standard InChI is InChI=1S/C9H13FN2/c1-3-4-5-9-11-7(2)6-8(10)12-9/h6H,3-5H2,1-2H3. The third-order valence-electron chi connectivity index (χ3n) is 1.62. The van der Waals surface area contributed by atoms with E-state index < -0.39 is 5.95 Å². The van der Waals surface area contributed by atoms with Crippen molar-refractivity contribution < 1.29 is 4.39 Å². The van der Waals surface area contributed by atoms with Crippen LogP contribution in [0.3, 0.4) is 0 Å². The molecule has 0 N–H and O–H groups in total. The monoisotopic (exact) mass is 168 g/mol. The smallest absolute Gasteiger partial charge is 0.216 e. The molecule has 0 radical (unpaired) electrons. The fourth-order valence-corrected chi connectivity index (χ4v) is 1.04. The molecule has 0 fully saturated rings. The van der Waals surface area contributed by atoms with Crippen LogP contribution >= 0.6 is 0 Å². The van der Waals surface area contributed by atoms with E-state index in [4.69, 9.17) is 0 Å². The number of aryl methyl sites for hydroxylation is 2. The van der Waals surface area contributed by atoms with E-state index in [0.717, 1.165) is 19.3 Å². The molecule has 0 aliphatic heterocycles. The van der Waals surface area contributed by atoms with Crippen molar-refractivity contribution in [2.45, 2.75) is 33.1 Å². The molecule has 0 aliphatic rings. The first kappa shape index (κ1) is 9.10. The number of hydrogen-bond acceptors (Lipinski definition) is 2. The van der Waals surface area contributed by atoms with Crippen LogP contribution in [-0.2, 0) is 6.42 Å². The maximum Gasteiger partial charge on any atom is 0.216 e. The lowest BCUT2D eigenvalue weighted by Gasteiger charge is -1.99. The number of aromatic nitrogens is 2. The Kier molecular flexibility index (Phi) is 3.14. The second-order valence-corrected chi connectivity index (χ2v) is 2.85. The van der Waals surface area contributed by atoms with Gasteiger partial charge in [-0.15, -0.1) is 0 Å². The first-order valence-electron chi connectivity index (χ1n) is 4.22. The number of hydrogen-bond donors (Lipinski definition) is 0. The summed E-state index contributed by atoms with van der Waals surface area (Å²) >= 11 is 0. The molecule has 1 aromatic rings. The second-order valence-electron chi connectivity index (χ2n) is 2.85. The predicted molar refractivity (Wildman–Crippen MR) is 45.3 cm³/mol. The third-order valence-corrected chi connectivity index (χ3v) is 1.62. The topological polar surface area (TPSA) is 25.8 Å². The lowest BCUT2D eigenvalue weighted by Crippen LogP contribution is -1.99. The van der Waals surface area contributed by atoms with Gasteiger partial charge >= 0.3 is 0 Å².